The zero-order valence-electron chi connectivity index (χ0n) is 8.98. The van der Waals surface area contributed by atoms with Gasteiger partial charge < -0.3 is 9.47 Å². The lowest BCUT2D eigenvalue weighted by atomic mass is 9.90. The minimum atomic E-state index is -0.400. The molecule has 1 aromatic rings. The first-order valence-corrected chi connectivity index (χ1v) is 5.50. The summed E-state index contributed by atoms with van der Waals surface area (Å²) in [5.74, 6) is 0.103. The molecule has 0 amide bonds. The quantitative estimate of drug-likeness (QED) is 0.810. The number of benzene rings is 1. The second kappa shape index (κ2) is 4.95. The number of rotatable bonds is 4. The first kappa shape index (κ1) is 11.6. The molecule has 0 aromatic heterocycles. The van der Waals surface area contributed by atoms with Crippen LogP contribution in [-0.2, 0) is 20.9 Å². The molecule has 1 fully saturated rings. The maximum atomic E-state index is 11.1. The predicted octanol–water partition coefficient (Wildman–Crippen LogP) is 2.21. The van der Waals surface area contributed by atoms with Gasteiger partial charge in [-0.05, 0) is 11.6 Å². The van der Waals surface area contributed by atoms with Crippen molar-refractivity contribution in [1.82, 2.24) is 0 Å². The first-order chi connectivity index (χ1) is 7.72. The zero-order valence-corrected chi connectivity index (χ0v) is 9.74. The molecule has 1 aromatic carbocycles. The predicted molar refractivity (Wildman–Crippen MR) is 60.5 cm³/mol. The number of carbonyl (C=O) groups is 1. The molecule has 0 heterocycles. The Balaban J connectivity index is 1.89. The van der Waals surface area contributed by atoms with Crippen LogP contribution in [0.2, 0.25) is 5.02 Å². The van der Waals surface area contributed by atoms with Gasteiger partial charge in [0.05, 0.1) is 12.7 Å². The van der Waals surface area contributed by atoms with Gasteiger partial charge in [0.2, 0.25) is 0 Å². The largest absolute Gasteiger partial charge is 0.371 e. The summed E-state index contributed by atoms with van der Waals surface area (Å²) < 4.78 is 10.6. The van der Waals surface area contributed by atoms with E-state index in [1.54, 1.807) is 0 Å². The van der Waals surface area contributed by atoms with Crippen LogP contribution >= 0.6 is 11.6 Å². The van der Waals surface area contributed by atoms with E-state index in [1.165, 1.54) is 7.11 Å². The van der Waals surface area contributed by atoms with Crippen molar-refractivity contribution in [3.63, 3.8) is 0 Å². The Bertz CT molecular complexity index is 392. The van der Waals surface area contributed by atoms with Crippen LogP contribution in [0.1, 0.15) is 12.0 Å². The fraction of sp³-hybridized carbons (Fsp3) is 0.417. The molecule has 86 valence electrons. The average molecular weight is 241 g/mol. The maximum absolute atomic E-state index is 11.1. The summed E-state index contributed by atoms with van der Waals surface area (Å²) in [5, 5.41) is 0.683. The molecule has 0 spiro atoms. The lowest BCUT2D eigenvalue weighted by Gasteiger charge is -2.33. The summed E-state index contributed by atoms with van der Waals surface area (Å²) in [6.45, 7) is 0.414. The van der Waals surface area contributed by atoms with E-state index in [9.17, 15) is 4.79 Å². The lowest BCUT2D eigenvalue weighted by molar-refractivity contribution is -0.163. The third-order valence-corrected chi connectivity index (χ3v) is 3.09. The standard InChI is InChI=1S/C12H13ClO3/c1-15-12-10(14)6-11(12)16-7-8-4-2-3-5-9(8)13/h2-5,11-12H,6-7H2,1H3. The number of halogens is 1. The third-order valence-electron chi connectivity index (χ3n) is 2.72. The molecule has 16 heavy (non-hydrogen) atoms. The fourth-order valence-corrected chi connectivity index (χ4v) is 1.90. The molecular weight excluding hydrogens is 228 g/mol. The number of carbonyl (C=O) groups excluding carboxylic acids is 1. The molecule has 2 unspecified atom stereocenters. The maximum Gasteiger partial charge on any atom is 0.166 e. The van der Waals surface area contributed by atoms with E-state index in [-0.39, 0.29) is 11.9 Å². The van der Waals surface area contributed by atoms with Gasteiger partial charge in [-0.15, -0.1) is 0 Å². The molecule has 3 nitrogen and oxygen atoms in total. The number of methoxy groups -OCH3 is 1. The summed E-state index contributed by atoms with van der Waals surface area (Å²) in [4.78, 5) is 11.1. The smallest absolute Gasteiger partial charge is 0.166 e. The molecular formula is C12H13ClO3. The van der Waals surface area contributed by atoms with Gasteiger partial charge in [0.1, 0.15) is 6.10 Å². The van der Waals surface area contributed by atoms with Gasteiger partial charge in [-0.2, -0.15) is 0 Å². The van der Waals surface area contributed by atoms with Crippen molar-refractivity contribution in [2.24, 2.45) is 0 Å². The fourth-order valence-electron chi connectivity index (χ4n) is 1.71. The van der Waals surface area contributed by atoms with E-state index in [1.807, 2.05) is 24.3 Å². The van der Waals surface area contributed by atoms with Crippen LogP contribution in [0.4, 0.5) is 0 Å². The molecule has 2 rings (SSSR count). The second-order valence-corrected chi connectivity index (χ2v) is 4.17. The summed E-state index contributed by atoms with van der Waals surface area (Å²) in [6, 6.07) is 7.51. The number of ether oxygens (including phenoxy) is 2. The van der Waals surface area contributed by atoms with Gasteiger partial charge in [0.15, 0.2) is 5.78 Å². The monoisotopic (exact) mass is 240 g/mol. The number of hydrogen-bond donors (Lipinski definition) is 0. The van der Waals surface area contributed by atoms with Crippen molar-refractivity contribution in [1.29, 1.82) is 0 Å². The zero-order chi connectivity index (χ0) is 11.5. The van der Waals surface area contributed by atoms with E-state index >= 15 is 0 Å². The summed E-state index contributed by atoms with van der Waals surface area (Å²) in [5.41, 5.74) is 0.929. The van der Waals surface area contributed by atoms with Crippen LogP contribution in [0, 0.1) is 0 Å². The Hall–Kier alpha value is -0.900. The van der Waals surface area contributed by atoms with Crippen LogP contribution in [0.5, 0.6) is 0 Å². The van der Waals surface area contributed by atoms with Crippen LogP contribution in [0.25, 0.3) is 0 Å². The molecule has 0 aliphatic heterocycles. The van der Waals surface area contributed by atoms with Gasteiger partial charge in [-0.3, -0.25) is 4.79 Å². The van der Waals surface area contributed by atoms with Gasteiger partial charge in [0.25, 0.3) is 0 Å². The van der Waals surface area contributed by atoms with Crippen molar-refractivity contribution in [2.75, 3.05) is 7.11 Å². The van der Waals surface area contributed by atoms with E-state index in [0.717, 1.165) is 5.56 Å². The van der Waals surface area contributed by atoms with E-state index < -0.39 is 6.10 Å². The number of hydrogen-bond acceptors (Lipinski definition) is 3. The van der Waals surface area contributed by atoms with Crippen LogP contribution in [0.15, 0.2) is 24.3 Å². The molecule has 0 bridgehead atoms. The minimum absolute atomic E-state index is 0.103. The molecule has 0 radical (unpaired) electrons. The number of Topliss-reactive ketones (excluding diaryl/α,β-unsaturated/α-hetero) is 1. The van der Waals surface area contributed by atoms with Crippen molar-refractivity contribution < 1.29 is 14.3 Å². The normalized spacial score (nSPS) is 24.2. The van der Waals surface area contributed by atoms with E-state index in [0.29, 0.717) is 18.1 Å². The highest BCUT2D eigenvalue weighted by Gasteiger charge is 2.40. The molecule has 2 atom stereocenters. The van der Waals surface area contributed by atoms with Crippen LogP contribution < -0.4 is 0 Å². The van der Waals surface area contributed by atoms with Crippen molar-refractivity contribution in [2.45, 2.75) is 25.2 Å². The highest BCUT2D eigenvalue weighted by atomic mass is 35.5. The Morgan fingerprint density at radius 1 is 1.44 bits per heavy atom. The Labute approximate surface area is 99.3 Å². The van der Waals surface area contributed by atoms with E-state index in [2.05, 4.69) is 0 Å². The van der Waals surface area contributed by atoms with Gasteiger partial charge in [-0.1, -0.05) is 29.8 Å². The Morgan fingerprint density at radius 2 is 2.19 bits per heavy atom. The van der Waals surface area contributed by atoms with Crippen molar-refractivity contribution in [3.05, 3.63) is 34.9 Å². The molecule has 1 aliphatic carbocycles. The SMILES string of the molecule is COC1C(=O)CC1OCc1ccccc1Cl. The van der Waals surface area contributed by atoms with Gasteiger partial charge in [-0.25, -0.2) is 0 Å². The molecule has 1 saturated carbocycles. The lowest BCUT2D eigenvalue weighted by Crippen LogP contribution is -2.49. The first-order valence-electron chi connectivity index (χ1n) is 5.13. The van der Waals surface area contributed by atoms with Crippen molar-refractivity contribution in [3.8, 4) is 0 Å². The van der Waals surface area contributed by atoms with E-state index in [4.69, 9.17) is 21.1 Å². The third kappa shape index (κ3) is 2.26. The topological polar surface area (TPSA) is 35.5 Å². The molecule has 4 heteroatoms. The van der Waals surface area contributed by atoms with Gasteiger partial charge >= 0.3 is 0 Å². The molecule has 1 aliphatic rings. The Morgan fingerprint density at radius 3 is 2.81 bits per heavy atom. The highest BCUT2D eigenvalue weighted by Crippen LogP contribution is 2.25. The summed E-state index contributed by atoms with van der Waals surface area (Å²) in [7, 11) is 1.52. The summed E-state index contributed by atoms with van der Waals surface area (Å²) in [6.07, 6.45) is -0.0977. The van der Waals surface area contributed by atoms with Gasteiger partial charge in [0, 0.05) is 18.6 Å². The summed E-state index contributed by atoms with van der Waals surface area (Å²) >= 11 is 5.99. The highest BCUT2D eigenvalue weighted by molar-refractivity contribution is 6.31. The Kier molecular flexibility index (Phi) is 3.59. The second-order valence-electron chi connectivity index (χ2n) is 3.77. The molecule has 0 saturated heterocycles. The minimum Gasteiger partial charge on any atom is -0.371 e. The molecule has 0 N–H and O–H groups in total. The van der Waals surface area contributed by atoms with Crippen molar-refractivity contribution >= 4 is 17.4 Å². The van der Waals surface area contributed by atoms with Crippen LogP contribution in [0.3, 0.4) is 0 Å². The number of ketones is 1. The van der Waals surface area contributed by atoms with Crippen LogP contribution in [-0.4, -0.2) is 25.1 Å². The average Bonchev–Trinajstić information content (AvgIpc) is 2.26.